The van der Waals surface area contributed by atoms with E-state index in [9.17, 15) is 8.42 Å². The third kappa shape index (κ3) is 4.00. The van der Waals surface area contributed by atoms with Crippen molar-refractivity contribution in [1.82, 2.24) is 0 Å². The molecule has 0 aromatic heterocycles. The molecule has 2 rings (SSSR count). The van der Waals surface area contributed by atoms with E-state index >= 15 is 0 Å². The van der Waals surface area contributed by atoms with E-state index in [2.05, 4.69) is 25.5 Å². The summed E-state index contributed by atoms with van der Waals surface area (Å²) in [7, 11) is -0.639. The average Bonchev–Trinajstić information content (AvgIpc) is 2.53. The summed E-state index contributed by atoms with van der Waals surface area (Å²) < 4.78 is 38.0. The van der Waals surface area contributed by atoms with E-state index in [1.807, 2.05) is 12.1 Å². The zero-order chi connectivity index (χ0) is 18.0. The van der Waals surface area contributed by atoms with Gasteiger partial charge in [0.15, 0.2) is 11.5 Å². The van der Waals surface area contributed by atoms with Gasteiger partial charge in [-0.15, -0.1) is 0 Å². The largest absolute Gasteiger partial charge is 0.493 e. The maximum absolute atomic E-state index is 12.5. The fourth-order valence-electron chi connectivity index (χ4n) is 2.25. The molecule has 0 aliphatic rings. The summed E-state index contributed by atoms with van der Waals surface area (Å²) in [6.45, 7) is 6.25. The fourth-order valence-corrected chi connectivity index (χ4v) is 3.30. The molecule has 0 aliphatic carbocycles. The van der Waals surface area contributed by atoms with Crippen molar-refractivity contribution in [3.8, 4) is 11.5 Å². The molecule has 0 amide bonds. The van der Waals surface area contributed by atoms with Gasteiger partial charge in [-0.3, -0.25) is 4.72 Å². The maximum Gasteiger partial charge on any atom is 0.261 e. The molecule has 0 aliphatic heterocycles. The lowest BCUT2D eigenvalue weighted by atomic mass is 9.87. The monoisotopic (exact) mass is 349 g/mol. The van der Waals surface area contributed by atoms with Crippen molar-refractivity contribution in [1.29, 1.82) is 0 Å². The second-order valence-corrected chi connectivity index (χ2v) is 8.13. The van der Waals surface area contributed by atoms with Crippen LogP contribution in [0.1, 0.15) is 26.3 Å². The molecule has 130 valence electrons. The highest BCUT2D eigenvalue weighted by Crippen LogP contribution is 2.31. The van der Waals surface area contributed by atoms with Gasteiger partial charge in [-0.05, 0) is 35.2 Å². The van der Waals surface area contributed by atoms with Crippen LogP contribution in [0.3, 0.4) is 0 Å². The number of benzene rings is 2. The van der Waals surface area contributed by atoms with Crippen LogP contribution >= 0.6 is 0 Å². The first-order valence-electron chi connectivity index (χ1n) is 7.53. The number of sulfonamides is 1. The van der Waals surface area contributed by atoms with Crippen LogP contribution in [0.5, 0.6) is 11.5 Å². The lowest BCUT2D eigenvalue weighted by molar-refractivity contribution is 0.355. The number of anilines is 1. The predicted molar refractivity (Wildman–Crippen MR) is 95.5 cm³/mol. The van der Waals surface area contributed by atoms with E-state index in [1.54, 1.807) is 30.3 Å². The van der Waals surface area contributed by atoms with E-state index in [0.29, 0.717) is 17.2 Å². The van der Waals surface area contributed by atoms with Crippen molar-refractivity contribution in [2.24, 2.45) is 0 Å². The van der Waals surface area contributed by atoms with E-state index in [1.165, 1.54) is 14.2 Å². The van der Waals surface area contributed by atoms with Crippen molar-refractivity contribution >= 4 is 15.7 Å². The van der Waals surface area contributed by atoms with E-state index in [0.717, 1.165) is 5.56 Å². The Morgan fingerprint density at radius 3 is 1.96 bits per heavy atom. The summed E-state index contributed by atoms with van der Waals surface area (Å²) in [5, 5.41) is 0. The Hall–Kier alpha value is -2.21. The summed E-state index contributed by atoms with van der Waals surface area (Å²) >= 11 is 0. The number of hydrogen-bond acceptors (Lipinski definition) is 4. The average molecular weight is 349 g/mol. The molecule has 0 fully saturated rings. The van der Waals surface area contributed by atoms with Crippen LogP contribution < -0.4 is 14.2 Å². The molecule has 1 N–H and O–H groups in total. The minimum atomic E-state index is -3.67. The number of methoxy groups -OCH3 is 2. The van der Waals surface area contributed by atoms with Gasteiger partial charge in [0.25, 0.3) is 10.0 Å². The number of nitrogens with one attached hydrogen (secondary N) is 1. The highest BCUT2D eigenvalue weighted by Gasteiger charge is 2.18. The Balaban J connectivity index is 2.28. The Labute approximate surface area is 143 Å². The predicted octanol–water partition coefficient (Wildman–Crippen LogP) is 3.80. The zero-order valence-electron chi connectivity index (χ0n) is 14.6. The Morgan fingerprint density at radius 2 is 1.46 bits per heavy atom. The molecule has 6 heteroatoms. The Bertz CT molecular complexity index is 806. The third-order valence-corrected chi connectivity index (χ3v) is 5.06. The van der Waals surface area contributed by atoms with Crippen LogP contribution in [-0.2, 0) is 15.4 Å². The molecule has 2 aromatic carbocycles. The highest BCUT2D eigenvalue weighted by molar-refractivity contribution is 7.92. The smallest absolute Gasteiger partial charge is 0.261 e. The molecule has 0 radical (unpaired) electrons. The van der Waals surface area contributed by atoms with E-state index in [4.69, 9.17) is 9.47 Å². The number of hydrogen-bond donors (Lipinski definition) is 1. The minimum Gasteiger partial charge on any atom is -0.493 e. The van der Waals surface area contributed by atoms with Gasteiger partial charge < -0.3 is 9.47 Å². The zero-order valence-corrected chi connectivity index (χ0v) is 15.4. The molecular formula is C18H23NO4S. The van der Waals surface area contributed by atoms with Crippen LogP contribution in [0.15, 0.2) is 47.4 Å². The van der Waals surface area contributed by atoms with Crippen molar-refractivity contribution in [3.05, 3.63) is 48.0 Å². The first-order chi connectivity index (χ1) is 11.2. The molecule has 0 unspecified atom stereocenters. The fraction of sp³-hybridized carbons (Fsp3) is 0.333. The van der Waals surface area contributed by atoms with Gasteiger partial charge in [0.1, 0.15) is 0 Å². The summed E-state index contributed by atoms with van der Waals surface area (Å²) in [4.78, 5) is 0.213. The third-order valence-electron chi connectivity index (χ3n) is 3.67. The quantitative estimate of drug-likeness (QED) is 0.892. The van der Waals surface area contributed by atoms with Crippen molar-refractivity contribution in [2.75, 3.05) is 18.9 Å². The van der Waals surface area contributed by atoms with Crippen LogP contribution in [0.25, 0.3) is 0 Å². The van der Waals surface area contributed by atoms with Gasteiger partial charge in [0.05, 0.1) is 24.8 Å². The normalized spacial score (nSPS) is 11.9. The molecule has 0 saturated carbocycles. The molecule has 0 spiro atoms. The van der Waals surface area contributed by atoms with Crippen molar-refractivity contribution < 1.29 is 17.9 Å². The van der Waals surface area contributed by atoms with Crippen LogP contribution in [0.2, 0.25) is 0 Å². The lowest BCUT2D eigenvalue weighted by Crippen LogP contribution is -2.15. The van der Waals surface area contributed by atoms with Crippen molar-refractivity contribution in [2.45, 2.75) is 31.1 Å². The van der Waals surface area contributed by atoms with Gasteiger partial charge >= 0.3 is 0 Å². The van der Waals surface area contributed by atoms with Gasteiger partial charge in [-0.25, -0.2) is 8.42 Å². The Morgan fingerprint density at radius 1 is 0.875 bits per heavy atom. The molecule has 0 atom stereocenters. The molecule has 0 saturated heterocycles. The van der Waals surface area contributed by atoms with Gasteiger partial charge in [-0.1, -0.05) is 32.9 Å². The minimum absolute atomic E-state index is 0.0287. The Kier molecular flexibility index (Phi) is 5.08. The SMILES string of the molecule is COc1ccc(NS(=O)(=O)c2ccc(C(C)(C)C)cc2)cc1OC. The molecule has 5 nitrogen and oxygen atoms in total. The van der Waals surface area contributed by atoms with E-state index in [-0.39, 0.29) is 10.3 Å². The molecule has 0 bridgehead atoms. The van der Waals surface area contributed by atoms with Gasteiger partial charge in [0.2, 0.25) is 0 Å². The van der Waals surface area contributed by atoms with Gasteiger partial charge in [0, 0.05) is 6.07 Å². The van der Waals surface area contributed by atoms with Crippen LogP contribution in [0.4, 0.5) is 5.69 Å². The first-order valence-corrected chi connectivity index (χ1v) is 9.01. The molecule has 2 aromatic rings. The summed E-state index contributed by atoms with van der Waals surface area (Å²) in [6, 6.07) is 11.8. The first kappa shape index (κ1) is 18.1. The summed E-state index contributed by atoms with van der Waals surface area (Å²) in [5.74, 6) is 0.996. The summed E-state index contributed by atoms with van der Waals surface area (Å²) in [5.41, 5.74) is 1.46. The number of rotatable bonds is 5. The molecular weight excluding hydrogens is 326 g/mol. The van der Waals surface area contributed by atoms with Crippen LogP contribution in [0, 0.1) is 0 Å². The second-order valence-electron chi connectivity index (χ2n) is 6.45. The maximum atomic E-state index is 12.5. The van der Waals surface area contributed by atoms with Crippen LogP contribution in [-0.4, -0.2) is 22.6 Å². The highest BCUT2D eigenvalue weighted by atomic mass is 32.2. The van der Waals surface area contributed by atoms with Crippen molar-refractivity contribution in [3.63, 3.8) is 0 Å². The number of ether oxygens (including phenoxy) is 2. The molecule has 0 heterocycles. The summed E-state index contributed by atoms with van der Waals surface area (Å²) in [6.07, 6.45) is 0. The van der Waals surface area contributed by atoms with Gasteiger partial charge in [-0.2, -0.15) is 0 Å². The standard InChI is InChI=1S/C18H23NO4S/c1-18(2,3)13-6-9-15(10-7-13)24(20,21)19-14-8-11-16(22-4)17(12-14)23-5/h6-12,19H,1-5H3. The second kappa shape index (κ2) is 6.73. The molecule has 24 heavy (non-hydrogen) atoms. The topological polar surface area (TPSA) is 64.6 Å². The van der Waals surface area contributed by atoms with E-state index < -0.39 is 10.0 Å². The lowest BCUT2D eigenvalue weighted by Gasteiger charge is -2.19.